The van der Waals surface area contributed by atoms with Crippen LogP contribution in [0, 0.1) is 0 Å². The maximum Gasteiger partial charge on any atom is 0.414 e. The number of piperazine rings is 1. The highest BCUT2D eigenvalue weighted by atomic mass is 32.2. The van der Waals surface area contributed by atoms with Crippen LogP contribution in [-0.2, 0) is 26.2 Å². The van der Waals surface area contributed by atoms with Crippen LogP contribution in [-0.4, -0.2) is 95.7 Å². The van der Waals surface area contributed by atoms with Gasteiger partial charge in [-0.3, -0.25) is 9.80 Å². The van der Waals surface area contributed by atoms with Crippen molar-refractivity contribution in [1.29, 1.82) is 0 Å². The first-order valence-corrected chi connectivity index (χ1v) is 12.3. The van der Waals surface area contributed by atoms with Crippen molar-refractivity contribution in [2.45, 2.75) is 38.8 Å². The molecule has 1 aromatic carbocycles. The first-order chi connectivity index (χ1) is 14.7. The van der Waals surface area contributed by atoms with Crippen molar-refractivity contribution in [3.8, 4) is 0 Å². The van der Waals surface area contributed by atoms with E-state index in [0.29, 0.717) is 25.6 Å². The van der Waals surface area contributed by atoms with E-state index in [1.165, 1.54) is 18.4 Å². The van der Waals surface area contributed by atoms with Crippen LogP contribution in [0.25, 0.3) is 0 Å². The predicted molar refractivity (Wildman–Crippen MR) is 117 cm³/mol. The molecule has 0 radical (unpaired) electrons. The van der Waals surface area contributed by atoms with E-state index in [0.717, 1.165) is 32.7 Å². The fraction of sp³-hybridized carbons (Fsp3) is 0.619. The van der Waals surface area contributed by atoms with E-state index in [1.54, 1.807) is 4.31 Å². The van der Waals surface area contributed by atoms with Crippen LogP contribution in [0.4, 0.5) is 0 Å². The molecule has 0 spiro atoms. The minimum Gasteiger partial charge on any atom is -0.473 e. The zero-order valence-corrected chi connectivity index (χ0v) is 18.8. The van der Waals surface area contributed by atoms with Gasteiger partial charge in [-0.2, -0.15) is 4.31 Å². The third kappa shape index (κ3) is 8.21. The number of carboxylic acid groups (broad SMARTS) is 2. The summed E-state index contributed by atoms with van der Waals surface area (Å²) < 4.78 is 26.1. The lowest BCUT2D eigenvalue weighted by atomic mass is 10.0. The van der Waals surface area contributed by atoms with E-state index >= 15 is 0 Å². The molecule has 10 heteroatoms. The van der Waals surface area contributed by atoms with Gasteiger partial charge in [-0.15, -0.1) is 0 Å². The van der Waals surface area contributed by atoms with E-state index in [9.17, 15) is 8.42 Å². The number of aliphatic carboxylic acids is 2. The summed E-state index contributed by atoms with van der Waals surface area (Å²) in [4.78, 5) is 23.2. The second-order valence-electron chi connectivity index (χ2n) is 7.85. The van der Waals surface area contributed by atoms with Crippen molar-refractivity contribution >= 4 is 22.0 Å². The Kier molecular flexibility index (Phi) is 9.89. The zero-order chi connectivity index (χ0) is 22.9. The smallest absolute Gasteiger partial charge is 0.414 e. The largest absolute Gasteiger partial charge is 0.473 e. The minimum absolute atomic E-state index is 0.283. The van der Waals surface area contributed by atoms with Gasteiger partial charge in [-0.05, 0) is 37.9 Å². The van der Waals surface area contributed by atoms with Crippen LogP contribution in [0.15, 0.2) is 30.3 Å². The Morgan fingerprint density at radius 3 is 1.97 bits per heavy atom. The monoisotopic (exact) mass is 455 g/mol. The molecule has 0 saturated carbocycles. The van der Waals surface area contributed by atoms with Gasteiger partial charge in [0.2, 0.25) is 10.0 Å². The molecule has 2 saturated heterocycles. The molecule has 3 rings (SSSR count). The number of hydrogen-bond acceptors (Lipinski definition) is 6. The lowest BCUT2D eigenvalue weighted by Crippen LogP contribution is -2.54. The summed E-state index contributed by atoms with van der Waals surface area (Å²) in [7, 11) is -3.03. The van der Waals surface area contributed by atoms with E-state index in [1.807, 2.05) is 6.92 Å². The molecule has 31 heavy (non-hydrogen) atoms. The van der Waals surface area contributed by atoms with Crippen LogP contribution in [0.2, 0.25) is 0 Å². The molecule has 2 aliphatic rings. The Balaban J connectivity index is 0.000000501. The quantitative estimate of drug-likeness (QED) is 0.614. The SMILES string of the molecule is CCCS(=O)(=O)N1CCN(C2CCN(Cc3ccccc3)CC2)CC1.O=C(O)C(=O)O. The average Bonchev–Trinajstić information content (AvgIpc) is 2.75. The Hall–Kier alpha value is -2.01. The van der Waals surface area contributed by atoms with Crippen molar-refractivity contribution in [1.82, 2.24) is 14.1 Å². The molecule has 1 aromatic rings. The van der Waals surface area contributed by atoms with Crippen molar-refractivity contribution in [2.75, 3.05) is 45.0 Å². The Morgan fingerprint density at radius 2 is 1.48 bits per heavy atom. The summed E-state index contributed by atoms with van der Waals surface area (Å²) in [5, 5.41) is 14.8. The summed E-state index contributed by atoms with van der Waals surface area (Å²) >= 11 is 0. The zero-order valence-electron chi connectivity index (χ0n) is 18.0. The van der Waals surface area contributed by atoms with Crippen molar-refractivity contribution < 1.29 is 28.2 Å². The van der Waals surface area contributed by atoms with Gasteiger partial charge < -0.3 is 10.2 Å². The summed E-state index contributed by atoms with van der Waals surface area (Å²) in [6, 6.07) is 11.3. The van der Waals surface area contributed by atoms with Gasteiger partial charge in [0.25, 0.3) is 0 Å². The third-order valence-corrected chi connectivity index (χ3v) is 7.71. The molecule has 2 N–H and O–H groups in total. The Labute approximate surface area is 184 Å². The fourth-order valence-corrected chi connectivity index (χ4v) is 5.51. The molecule has 0 unspecified atom stereocenters. The van der Waals surface area contributed by atoms with Crippen LogP contribution in [0.3, 0.4) is 0 Å². The number of sulfonamides is 1. The molecule has 2 aliphatic heterocycles. The lowest BCUT2D eigenvalue weighted by molar-refractivity contribution is -0.159. The summed E-state index contributed by atoms with van der Waals surface area (Å²) in [5.41, 5.74) is 1.38. The fourth-order valence-electron chi connectivity index (χ4n) is 4.02. The van der Waals surface area contributed by atoms with Gasteiger partial charge in [0, 0.05) is 38.8 Å². The standard InChI is InChI=1S/C19H31N3O2S.C2H2O4/c1-2-16-25(23,24)22-14-12-21(13-15-22)19-8-10-20(11-9-19)17-18-6-4-3-5-7-18;3-1(4)2(5)6/h3-7,19H,2,8-17H2,1H3;(H,3,4)(H,5,6). The average molecular weight is 456 g/mol. The summed E-state index contributed by atoms with van der Waals surface area (Å²) in [5.74, 6) is -3.37. The van der Waals surface area contributed by atoms with Gasteiger partial charge in [0.15, 0.2) is 0 Å². The van der Waals surface area contributed by atoms with E-state index in [-0.39, 0.29) is 5.75 Å². The maximum atomic E-state index is 12.2. The van der Waals surface area contributed by atoms with Crippen molar-refractivity contribution in [3.63, 3.8) is 0 Å². The lowest BCUT2D eigenvalue weighted by Gasteiger charge is -2.42. The minimum atomic E-state index is -3.03. The molecule has 9 nitrogen and oxygen atoms in total. The predicted octanol–water partition coefficient (Wildman–Crippen LogP) is 1.16. The number of benzene rings is 1. The Bertz CT molecular complexity index is 790. The molecule has 0 aliphatic carbocycles. The highest BCUT2D eigenvalue weighted by molar-refractivity contribution is 7.89. The second-order valence-corrected chi connectivity index (χ2v) is 9.94. The van der Waals surface area contributed by atoms with Gasteiger partial charge in [-0.25, -0.2) is 18.0 Å². The number of piperidine rings is 1. The number of rotatable bonds is 6. The van der Waals surface area contributed by atoms with Crippen molar-refractivity contribution in [2.24, 2.45) is 0 Å². The number of likely N-dealkylation sites (tertiary alicyclic amines) is 1. The van der Waals surface area contributed by atoms with Crippen molar-refractivity contribution in [3.05, 3.63) is 35.9 Å². The molecule has 0 atom stereocenters. The first kappa shape index (κ1) is 25.3. The van der Waals surface area contributed by atoms with Crippen LogP contribution in [0.5, 0.6) is 0 Å². The number of carbonyl (C=O) groups is 2. The number of nitrogens with zero attached hydrogens (tertiary/aromatic N) is 3. The topological polar surface area (TPSA) is 118 Å². The molecule has 2 fully saturated rings. The van der Waals surface area contributed by atoms with Crippen LogP contribution in [0.1, 0.15) is 31.7 Å². The maximum absolute atomic E-state index is 12.2. The molecular weight excluding hydrogens is 422 g/mol. The molecular formula is C21H33N3O6S. The van der Waals surface area contributed by atoms with E-state index in [2.05, 4.69) is 40.1 Å². The number of hydrogen-bond donors (Lipinski definition) is 2. The molecule has 0 aromatic heterocycles. The molecule has 174 valence electrons. The second kappa shape index (κ2) is 12.1. The summed E-state index contributed by atoms with van der Waals surface area (Å²) in [6.07, 6.45) is 3.07. The van der Waals surface area contributed by atoms with Crippen LogP contribution >= 0.6 is 0 Å². The first-order valence-electron chi connectivity index (χ1n) is 10.7. The summed E-state index contributed by atoms with van der Waals surface area (Å²) in [6.45, 7) is 8.31. The molecule has 0 bridgehead atoms. The van der Waals surface area contributed by atoms with E-state index in [4.69, 9.17) is 19.8 Å². The molecule has 2 heterocycles. The Morgan fingerprint density at radius 1 is 0.935 bits per heavy atom. The highest BCUT2D eigenvalue weighted by Crippen LogP contribution is 2.20. The highest BCUT2D eigenvalue weighted by Gasteiger charge is 2.31. The third-order valence-electron chi connectivity index (χ3n) is 5.63. The van der Waals surface area contributed by atoms with Gasteiger partial charge >= 0.3 is 11.9 Å². The van der Waals surface area contributed by atoms with Gasteiger partial charge in [-0.1, -0.05) is 37.3 Å². The normalized spacial score (nSPS) is 19.4. The van der Waals surface area contributed by atoms with Gasteiger partial charge in [0.1, 0.15) is 0 Å². The van der Waals surface area contributed by atoms with E-state index < -0.39 is 22.0 Å². The van der Waals surface area contributed by atoms with Crippen LogP contribution < -0.4 is 0 Å². The number of carboxylic acids is 2. The van der Waals surface area contributed by atoms with Gasteiger partial charge in [0.05, 0.1) is 5.75 Å². The molecule has 0 amide bonds.